The summed E-state index contributed by atoms with van der Waals surface area (Å²) in [6.07, 6.45) is 6.68. The molecule has 3 aromatic heterocycles. The van der Waals surface area contributed by atoms with Crippen LogP contribution < -0.4 is 15.5 Å². The number of fused-ring (bicyclic) bond motifs is 3. The van der Waals surface area contributed by atoms with Gasteiger partial charge in [0.15, 0.2) is 0 Å². The summed E-state index contributed by atoms with van der Waals surface area (Å²) in [5.41, 5.74) is 3.98. The summed E-state index contributed by atoms with van der Waals surface area (Å²) in [5.74, 6) is -0.932. The van der Waals surface area contributed by atoms with Crippen molar-refractivity contribution in [1.29, 1.82) is 0 Å². The minimum atomic E-state index is -0.555. The molecule has 5 heterocycles. The van der Waals surface area contributed by atoms with E-state index in [2.05, 4.69) is 15.6 Å². The van der Waals surface area contributed by atoms with E-state index in [0.29, 0.717) is 86.5 Å². The number of aromatic amines is 1. The highest BCUT2D eigenvalue weighted by atomic mass is 35.5. The molecule has 1 aromatic carbocycles. The highest BCUT2D eigenvalue weighted by molar-refractivity contribution is 7.16. The first-order valence-electron chi connectivity index (χ1n) is 19.5. The molecule has 0 aliphatic carbocycles. The molecule has 16 nitrogen and oxygen atoms in total. The van der Waals surface area contributed by atoms with Gasteiger partial charge in [0.1, 0.15) is 13.2 Å². The van der Waals surface area contributed by atoms with E-state index in [1.807, 2.05) is 43.4 Å². The molecule has 0 unspecified atom stereocenters. The fraction of sp³-hybridized carbons (Fsp3) is 0.450. The van der Waals surface area contributed by atoms with Crippen molar-refractivity contribution in [2.24, 2.45) is 0 Å². The van der Waals surface area contributed by atoms with Gasteiger partial charge in [-0.25, -0.2) is 0 Å². The SMILES string of the molecule is CN(C)C/C=C/C(=O)N1CCN(c2ccc(CCC(=O)NCCOCCC(=O)NCCn3ccc(-c4cc(Cl)c(Cl)c5[nH]c6c(c45)CN(C(=O)CO)CC6)n3)s2)C(=O)C1. The molecule has 316 valence electrons. The van der Waals surface area contributed by atoms with Crippen LogP contribution in [0.3, 0.4) is 0 Å². The molecule has 4 N–H and O–H groups in total. The second kappa shape index (κ2) is 20.5. The molecule has 0 atom stereocenters. The highest BCUT2D eigenvalue weighted by Gasteiger charge is 2.29. The molecule has 6 rings (SSSR count). The lowest BCUT2D eigenvalue weighted by molar-refractivity contribution is -0.135. The van der Waals surface area contributed by atoms with Crippen LogP contribution in [0.5, 0.6) is 0 Å². The van der Waals surface area contributed by atoms with Gasteiger partial charge in [-0.15, -0.1) is 11.3 Å². The quantitative estimate of drug-likeness (QED) is 0.0863. The Morgan fingerprint density at radius 3 is 2.59 bits per heavy atom. The van der Waals surface area contributed by atoms with Crippen LogP contribution in [0.25, 0.3) is 22.2 Å². The number of carbonyl (C=O) groups is 5. The molecule has 1 fully saturated rings. The molecule has 19 heteroatoms. The van der Waals surface area contributed by atoms with Crippen LogP contribution in [0.4, 0.5) is 5.00 Å². The first kappa shape index (κ1) is 43.8. The standard InChI is InChI=1S/C40H49Cl2N9O7S/c1-47(2)14-3-4-34(55)49-18-19-51(35(56)24-49)37-8-6-26(59-37)5-7-32(53)44-13-21-58-20-11-33(54)43-12-17-50-16-10-31(46-50)27-22-29(41)39(42)40-38(27)28-23-48(36(57)25-52)15-9-30(28)45-40/h3-4,6,8,10,16,22,45,52H,5,7,9,11-15,17-21,23-25H2,1-2H3,(H,43,54)(H,44,53)/b4-3+. The van der Waals surface area contributed by atoms with Crippen LogP contribution in [-0.4, -0.2) is 144 Å². The van der Waals surface area contributed by atoms with Crippen molar-refractivity contribution in [2.45, 2.75) is 38.8 Å². The van der Waals surface area contributed by atoms with Crippen molar-refractivity contribution >= 4 is 80.0 Å². The summed E-state index contributed by atoms with van der Waals surface area (Å²) in [7, 11) is 3.84. The zero-order valence-corrected chi connectivity index (χ0v) is 35.4. The smallest absolute Gasteiger partial charge is 0.248 e. The number of thiophene rings is 1. The number of likely N-dealkylation sites (N-methyl/N-ethyl adjacent to an activating group) is 1. The number of halogens is 2. The molecule has 5 amide bonds. The maximum atomic E-state index is 12.8. The van der Waals surface area contributed by atoms with Gasteiger partial charge in [0.05, 0.1) is 46.0 Å². The number of hydrogen-bond acceptors (Lipinski definition) is 10. The molecule has 0 radical (unpaired) electrons. The van der Waals surface area contributed by atoms with E-state index in [1.165, 1.54) is 17.4 Å². The van der Waals surface area contributed by atoms with E-state index in [1.54, 1.807) is 31.5 Å². The predicted octanol–water partition coefficient (Wildman–Crippen LogP) is 2.84. The molecule has 2 aliphatic heterocycles. The number of nitrogens with zero attached hydrogens (tertiary/aromatic N) is 6. The van der Waals surface area contributed by atoms with E-state index < -0.39 is 6.61 Å². The third-order valence-corrected chi connectivity index (χ3v) is 12.0. The number of ether oxygens (including phenoxy) is 1. The van der Waals surface area contributed by atoms with Crippen molar-refractivity contribution in [3.05, 3.63) is 68.8 Å². The maximum Gasteiger partial charge on any atom is 0.248 e. The van der Waals surface area contributed by atoms with E-state index in [4.69, 9.17) is 33.0 Å². The number of rotatable bonds is 18. The van der Waals surface area contributed by atoms with Gasteiger partial charge >= 0.3 is 0 Å². The number of amides is 5. The van der Waals surface area contributed by atoms with Gasteiger partial charge < -0.3 is 45.1 Å². The number of aliphatic hydroxyl groups excluding tert-OH is 1. The molecule has 0 spiro atoms. The van der Waals surface area contributed by atoms with Gasteiger partial charge in [-0.05, 0) is 44.8 Å². The lowest BCUT2D eigenvalue weighted by Crippen LogP contribution is -2.51. The van der Waals surface area contributed by atoms with Crippen LogP contribution in [0.2, 0.25) is 10.0 Å². The molecule has 0 saturated carbocycles. The number of benzene rings is 1. The largest absolute Gasteiger partial charge is 0.387 e. The Morgan fingerprint density at radius 1 is 1.02 bits per heavy atom. The second-order valence-electron chi connectivity index (χ2n) is 14.5. The first-order valence-corrected chi connectivity index (χ1v) is 21.0. The molecule has 1 saturated heterocycles. The zero-order chi connectivity index (χ0) is 42.1. The van der Waals surface area contributed by atoms with Crippen LogP contribution in [0.15, 0.2) is 42.6 Å². The molecule has 59 heavy (non-hydrogen) atoms. The number of H-pyrrole nitrogens is 1. The normalized spacial score (nSPS) is 14.5. The molecule has 0 bridgehead atoms. The van der Waals surface area contributed by atoms with Crippen molar-refractivity contribution in [3.8, 4) is 11.3 Å². The van der Waals surface area contributed by atoms with E-state index in [0.717, 1.165) is 32.1 Å². The van der Waals surface area contributed by atoms with Crippen molar-refractivity contribution < 1.29 is 33.8 Å². The first-order chi connectivity index (χ1) is 28.4. The Bertz CT molecular complexity index is 2200. The number of piperazine rings is 1. The Balaban J connectivity index is 0.857. The third kappa shape index (κ3) is 11.3. The molecule has 2 aliphatic rings. The number of nitrogens with one attached hydrogen (secondary N) is 3. The number of carbonyl (C=O) groups excluding carboxylic acids is 5. The summed E-state index contributed by atoms with van der Waals surface area (Å²) >= 11 is 14.6. The molecule has 4 aromatic rings. The van der Waals surface area contributed by atoms with Gasteiger partial charge in [-0.2, -0.15) is 5.10 Å². The Labute approximate surface area is 356 Å². The zero-order valence-electron chi connectivity index (χ0n) is 33.1. The summed E-state index contributed by atoms with van der Waals surface area (Å²) < 4.78 is 7.29. The van der Waals surface area contributed by atoms with Gasteiger partial charge in [0.2, 0.25) is 29.5 Å². The second-order valence-corrected chi connectivity index (χ2v) is 16.4. The van der Waals surface area contributed by atoms with Crippen LogP contribution >= 0.6 is 34.5 Å². The van der Waals surface area contributed by atoms with Crippen LogP contribution in [0, 0.1) is 0 Å². The number of aliphatic hydroxyl groups is 1. The number of aryl methyl sites for hydroxylation is 1. The number of hydrogen-bond donors (Lipinski definition) is 4. The lowest BCUT2D eigenvalue weighted by atomic mass is 9.99. The average Bonchev–Trinajstić information content (AvgIpc) is 3.98. The van der Waals surface area contributed by atoms with Gasteiger partial charge in [-0.3, -0.25) is 28.7 Å². The summed E-state index contributed by atoms with van der Waals surface area (Å²) in [6.45, 7) is 3.37. The van der Waals surface area contributed by atoms with E-state index in [-0.39, 0.29) is 62.1 Å². The number of aromatic nitrogens is 3. The van der Waals surface area contributed by atoms with Crippen LogP contribution in [-0.2, 0) is 54.6 Å². The predicted molar refractivity (Wildman–Crippen MR) is 226 cm³/mol. The molecular weight excluding hydrogens is 821 g/mol. The average molecular weight is 871 g/mol. The van der Waals surface area contributed by atoms with Crippen molar-refractivity contribution in [1.82, 2.24) is 40.1 Å². The van der Waals surface area contributed by atoms with Crippen molar-refractivity contribution in [3.63, 3.8) is 0 Å². The summed E-state index contributed by atoms with van der Waals surface area (Å²) in [4.78, 5) is 73.6. The summed E-state index contributed by atoms with van der Waals surface area (Å²) in [5, 5.41) is 22.2. The van der Waals surface area contributed by atoms with Crippen LogP contribution in [0.1, 0.15) is 29.0 Å². The Kier molecular flexibility index (Phi) is 15.2. The third-order valence-electron chi connectivity index (χ3n) is 10.0. The Morgan fingerprint density at radius 2 is 1.81 bits per heavy atom. The molecular formula is C40H49Cl2N9O7S. The lowest BCUT2D eigenvalue weighted by Gasteiger charge is -2.33. The highest BCUT2D eigenvalue weighted by Crippen LogP contribution is 2.42. The number of anilines is 1. The Hall–Kier alpha value is -4.78. The maximum absolute atomic E-state index is 12.8. The van der Waals surface area contributed by atoms with Gasteiger partial charge in [0.25, 0.3) is 0 Å². The van der Waals surface area contributed by atoms with Gasteiger partial charge in [-0.1, -0.05) is 29.3 Å². The van der Waals surface area contributed by atoms with Gasteiger partial charge in [0, 0.05) is 104 Å². The minimum absolute atomic E-state index is 0.0317. The van der Waals surface area contributed by atoms with E-state index in [9.17, 15) is 29.1 Å². The van der Waals surface area contributed by atoms with E-state index >= 15 is 0 Å². The monoisotopic (exact) mass is 869 g/mol. The fourth-order valence-electron chi connectivity index (χ4n) is 6.95. The minimum Gasteiger partial charge on any atom is -0.387 e. The van der Waals surface area contributed by atoms with Crippen molar-refractivity contribution in [2.75, 3.05) is 84.6 Å². The topological polar surface area (TPSA) is 185 Å². The fourth-order valence-corrected chi connectivity index (χ4v) is 8.39. The summed E-state index contributed by atoms with van der Waals surface area (Å²) in [6, 6.07) is 7.43.